The van der Waals surface area contributed by atoms with Crippen LogP contribution in [0.25, 0.3) is 0 Å². The van der Waals surface area contributed by atoms with Crippen molar-refractivity contribution in [2.45, 2.75) is 103 Å². The van der Waals surface area contributed by atoms with E-state index in [0.29, 0.717) is 24.8 Å². The molecule has 2 amide bonds. The van der Waals surface area contributed by atoms with Crippen LogP contribution in [0.3, 0.4) is 0 Å². The van der Waals surface area contributed by atoms with Crippen LogP contribution in [-0.4, -0.2) is 29.9 Å². The quantitative estimate of drug-likeness (QED) is 0.561. The Labute approximate surface area is 177 Å². The van der Waals surface area contributed by atoms with Crippen LogP contribution in [-0.2, 0) is 9.59 Å². The van der Waals surface area contributed by atoms with Gasteiger partial charge in [0.1, 0.15) is 0 Å². The monoisotopic (exact) mass is 415 g/mol. The molecule has 0 bridgehead atoms. The molecule has 1 atom stereocenters. The second-order valence-corrected chi connectivity index (χ2v) is 9.68. The number of carbonyl (C=O) groups excluding carboxylic acids is 2. The summed E-state index contributed by atoms with van der Waals surface area (Å²) in [5.41, 5.74) is 5.60. The van der Waals surface area contributed by atoms with Crippen molar-refractivity contribution in [3.63, 3.8) is 0 Å². The van der Waals surface area contributed by atoms with Gasteiger partial charge in [0.05, 0.1) is 0 Å². The van der Waals surface area contributed by atoms with Crippen LogP contribution in [0.1, 0.15) is 91.4 Å². The van der Waals surface area contributed by atoms with Crippen molar-refractivity contribution in [1.82, 2.24) is 10.6 Å². The fourth-order valence-corrected chi connectivity index (χ4v) is 4.93. The minimum Gasteiger partial charge on any atom is -0.353 e. The maximum absolute atomic E-state index is 12.7. The van der Waals surface area contributed by atoms with Crippen molar-refractivity contribution in [3.8, 4) is 0 Å². The van der Waals surface area contributed by atoms with Gasteiger partial charge in [-0.15, -0.1) is 12.4 Å². The Bertz CT molecular complexity index is 486. The number of hydrogen-bond acceptors (Lipinski definition) is 3. The van der Waals surface area contributed by atoms with E-state index in [1.54, 1.807) is 0 Å². The topological polar surface area (TPSA) is 84.2 Å². The fourth-order valence-electron chi connectivity index (χ4n) is 4.93. The third kappa shape index (κ3) is 8.28. The molecule has 1 unspecified atom stereocenters. The smallest absolute Gasteiger partial charge is 0.223 e. The summed E-state index contributed by atoms with van der Waals surface area (Å²) in [5.74, 6) is 1.47. The van der Waals surface area contributed by atoms with E-state index in [4.69, 9.17) is 5.73 Å². The Morgan fingerprint density at radius 1 is 1.04 bits per heavy atom. The molecule has 2 aliphatic carbocycles. The molecule has 2 aliphatic rings. The first-order valence-electron chi connectivity index (χ1n) is 11.1. The van der Waals surface area contributed by atoms with Gasteiger partial charge < -0.3 is 16.4 Å². The maximum Gasteiger partial charge on any atom is 0.223 e. The normalized spacial score (nSPS) is 25.5. The number of amides is 2. The number of nitrogens with two attached hydrogens (primary N) is 1. The van der Waals surface area contributed by atoms with E-state index in [9.17, 15) is 9.59 Å². The summed E-state index contributed by atoms with van der Waals surface area (Å²) < 4.78 is 0. The van der Waals surface area contributed by atoms with Gasteiger partial charge in [-0.25, -0.2) is 0 Å². The van der Waals surface area contributed by atoms with Crippen LogP contribution in [0.2, 0.25) is 0 Å². The van der Waals surface area contributed by atoms with Gasteiger partial charge in [0, 0.05) is 30.5 Å². The highest BCUT2D eigenvalue weighted by Crippen LogP contribution is 2.28. The van der Waals surface area contributed by atoms with Crippen molar-refractivity contribution < 1.29 is 9.59 Å². The van der Waals surface area contributed by atoms with Crippen LogP contribution < -0.4 is 16.4 Å². The SMILES string of the molecule is CC(C)CC(C)(CN)NC(=O)C1CCC(NC(=O)CC2CCCCC2)CC1.Cl. The summed E-state index contributed by atoms with van der Waals surface area (Å²) in [7, 11) is 0. The molecule has 0 heterocycles. The highest BCUT2D eigenvalue weighted by molar-refractivity contribution is 5.85. The molecule has 4 N–H and O–H groups in total. The number of rotatable bonds is 8. The molecule has 0 aromatic heterocycles. The lowest BCUT2D eigenvalue weighted by molar-refractivity contribution is -0.128. The average Bonchev–Trinajstić information content (AvgIpc) is 2.62. The van der Waals surface area contributed by atoms with Crippen molar-refractivity contribution in [1.29, 1.82) is 0 Å². The predicted octanol–water partition coefficient (Wildman–Crippen LogP) is 3.93. The zero-order chi connectivity index (χ0) is 19.9. The summed E-state index contributed by atoms with van der Waals surface area (Å²) >= 11 is 0. The molecular weight excluding hydrogens is 374 g/mol. The van der Waals surface area contributed by atoms with E-state index < -0.39 is 0 Å². The summed E-state index contributed by atoms with van der Waals surface area (Å²) in [6, 6.07) is 0.238. The first-order chi connectivity index (χ1) is 12.8. The van der Waals surface area contributed by atoms with Gasteiger partial charge in [0.15, 0.2) is 0 Å². The van der Waals surface area contributed by atoms with Crippen LogP contribution in [0.15, 0.2) is 0 Å². The van der Waals surface area contributed by atoms with Gasteiger partial charge in [-0.1, -0.05) is 33.1 Å². The van der Waals surface area contributed by atoms with Crippen molar-refractivity contribution >= 4 is 24.2 Å². The lowest BCUT2D eigenvalue weighted by atomic mass is 9.83. The molecule has 0 aliphatic heterocycles. The second kappa shape index (κ2) is 12.0. The fraction of sp³-hybridized carbons (Fsp3) is 0.909. The molecule has 0 radical (unpaired) electrons. The largest absolute Gasteiger partial charge is 0.353 e. The Balaban J connectivity index is 0.00000392. The van der Waals surface area contributed by atoms with Gasteiger partial charge in [0.2, 0.25) is 11.8 Å². The van der Waals surface area contributed by atoms with Crippen LogP contribution in [0.5, 0.6) is 0 Å². The first kappa shape index (κ1) is 25.2. The molecule has 2 saturated carbocycles. The van der Waals surface area contributed by atoms with Crippen LogP contribution in [0.4, 0.5) is 0 Å². The Kier molecular flexibility index (Phi) is 10.8. The third-order valence-electron chi connectivity index (χ3n) is 6.40. The van der Waals surface area contributed by atoms with Gasteiger partial charge in [-0.2, -0.15) is 0 Å². The molecule has 0 saturated heterocycles. The van der Waals surface area contributed by atoms with Crippen LogP contribution >= 0.6 is 12.4 Å². The van der Waals surface area contributed by atoms with E-state index in [2.05, 4.69) is 24.5 Å². The van der Waals surface area contributed by atoms with Crippen molar-refractivity contribution in [2.24, 2.45) is 23.5 Å². The lowest BCUT2D eigenvalue weighted by Crippen LogP contribution is -2.54. The summed E-state index contributed by atoms with van der Waals surface area (Å²) in [6.07, 6.45) is 11.4. The zero-order valence-electron chi connectivity index (χ0n) is 18.1. The van der Waals surface area contributed by atoms with Crippen LogP contribution in [0, 0.1) is 17.8 Å². The molecule has 2 rings (SSSR count). The van der Waals surface area contributed by atoms with E-state index in [1.807, 2.05) is 6.92 Å². The molecule has 2 fully saturated rings. The molecule has 5 nitrogen and oxygen atoms in total. The van der Waals surface area contributed by atoms with E-state index in [1.165, 1.54) is 32.1 Å². The van der Waals surface area contributed by atoms with Gasteiger partial charge >= 0.3 is 0 Å². The highest BCUT2D eigenvalue weighted by Gasteiger charge is 2.32. The van der Waals surface area contributed by atoms with Crippen molar-refractivity contribution in [3.05, 3.63) is 0 Å². The number of carbonyl (C=O) groups is 2. The predicted molar refractivity (Wildman–Crippen MR) is 117 cm³/mol. The molecule has 0 spiro atoms. The standard InChI is InChI=1S/C22H41N3O2.ClH/c1-16(2)14-22(3,15-23)25-21(27)18-9-11-19(12-10-18)24-20(26)13-17-7-5-4-6-8-17;/h16-19H,4-15,23H2,1-3H3,(H,24,26)(H,25,27);1H. The second-order valence-electron chi connectivity index (χ2n) is 9.68. The third-order valence-corrected chi connectivity index (χ3v) is 6.40. The van der Waals surface area contributed by atoms with Gasteiger partial charge in [-0.05, 0) is 63.7 Å². The number of nitrogens with one attached hydrogen (secondary N) is 2. The van der Waals surface area contributed by atoms with E-state index >= 15 is 0 Å². The average molecular weight is 416 g/mol. The summed E-state index contributed by atoms with van der Waals surface area (Å²) in [6.45, 7) is 6.81. The molecule has 6 heteroatoms. The molecule has 0 aromatic rings. The Hall–Kier alpha value is -0.810. The Morgan fingerprint density at radius 3 is 2.18 bits per heavy atom. The van der Waals surface area contributed by atoms with Gasteiger partial charge in [0.25, 0.3) is 0 Å². The summed E-state index contributed by atoms with van der Waals surface area (Å²) in [5, 5.41) is 6.42. The number of halogens is 1. The molecule has 164 valence electrons. The summed E-state index contributed by atoms with van der Waals surface area (Å²) in [4.78, 5) is 25.0. The van der Waals surface area contributed by atoms with E-state index in [-0.39, 0.29) is 41.7 Å². The molecule has 28 heavy (non-hydrogen) atoms. The maximum atomic E-state index is 12.7. The molecule has 0 aromatic carbocycles. The van der Waals surface area contributed by atoms with Crippen molar-refractivity contribution in [2.75, 3.05) is 6.54 Å². The number of hydrogen-bond donors (Lipinski definition) is 3. The lowest BCUT2D eigenvalue weighted by Gasteiger charge is -2.35. The van der Waals surface area contributed by atoms with Gasteiger partial charge in [-0.3, -0.25) is 9.59 Å². The zero-order valence-corrected chi connectivity index (χ0v) is 18.9. The van der Waals surface area contributed by atoms with E-state index in [0.717, 1.165) is 32.1 Å². The highest BCUT2D eigenvalue weighted by atomic mass is 35.5. The minimum absolute atomic E-state index is 0. The minimum atomic E-state index is -0.323. The molecular formula is C22H42ClN3O2. The first-order valence-corrected chi connectivity index (χ1v) is 11.1. The Morgan fingerprint density at radius 2 is 1.64 bits per heavy atom.